The van der Waals surface area contributed by atoms with Crippen LogP contribution in [-0.4, -0.2) is 47.8 Å². The lowest BCUT2D eigenvalue weighted by atomic mass is 10.3. The first-order chi connectivity index (χ1) is 6.49. The maximum Gasteiger partial charge on any atom is 0.320 e. The lowest BCUT2D eigenvalue weighted by Gasteiger charge is -2.24. The number of carbonyl (C=O) groups is 1. The highest BCUT2D eigenvalue weighted by Crippen LogP contribution is 1.99. The molecule has 0 aromatic heterocycles. The molecule has 14 heavy (non-hydrogen) atoms. The van der Waals surface area contributed by atoms with Crippen LogP contribution in [0.15, 0.2) is 0 Å². The Labute approximate surface area is 85.9 Å². The number of carboxylic acid groups (broad SMARTS) is 1. The van der Waals surface area contributed by atoms with Gasteiger partial charge in [0.05, 0.1) is 12.7 Å². The molecule has 1 unspecified atom stereocenters. The maximum absolute atomic E-state index is 10.7. The minimum Gasteiger partial charge on any atom is -0.480 e. The van der Waals surface area contributed by atoms with E-state index in [1.54, 1.807) is 6.92 Å². The van der Waals surface area contributed by atoms with E-state index in [2.05, 4.69) is 0 Å². The van der Waals surface area contributed by atoms with Crippen LogP contribution in [0.5, 0.6) is 0 Å². The van der Waals surface area contributed by atoms with E-state index in [1.807, 2.05) is 25.7 Å². The zero-order valence-corrected chi connectivity index (χ0v) is 9.49. The molecule has 4 nitrogen and oxygen atoms in total. The molecule has 1 atom stereocenters. The van der Waals surface area contributed by atoms with Gasteiger partial charge in [0.2, 0.25) is 0 Å². The van der Waals surface area contributed by atoms with Crippen LogP contribution in [0.3, 0.4) is 0 Å². The van der Waals surface area contributed by atoms with Gasteiger partial charge >= 0.3 is 5.97 Å². The van der Waals surface area contributed by atoms with Crippen molar-refractivity contribution >= 4 is 5.97 Å². The highest BCUT2D eigenvalue weighted by Gasteiger charge is 2.18. The van der Waals surface area contributed by atoms with Gasteiger partial charge in [0, 0.05) is 6.54 Å². The average molecular weight is 203 g/mol. The van der Waals surface area contributed by atoms with Gasteiger partial charge in [-0.05, 0) is 27.3 Å². The third-order valence-electron chi connectivity index (χ3n) is 2.14. The third-order valence-corrected chi connectivity index (χ3v) is 2.14. The van der Waals surface area contributed by atoms with E-state index in [1.165, 1.54) is 0 Å². The number of rotatable bonds is 7. The van der Waals surface area contributed by atoms with Gasteiger partial charge in [0.15, 0.2) is 0 Å². The van der Waals surface area contributed by atoms with Crippen LogP contribution in [0.25, 0.3) is 0 Å². The standard InChI is InChI=1S/C10H21NO3/c1-5-11(9(4)10(12)13)6-7-14-8(2)3/h8-9H,5-7H2,1-4H3,(H,12,13). The molecule has 0 rings (SSSR count). The fourth-order valence-corrected chi connectivity index (χ4v) is 1.19. The van der Waals surface area contributed by atoms with Crippen molar-refractivity contribution in [3.63, 3.8) is 0 Å². The molecule has 4 heteroatoms. The van der Waals surface area contributed by atoms with Gasteiger partial charge in [-0.25, -0.2) is 0 Å². The predicted octanol–water partition coefficient (Wildman–Crippen LogP) is 1.21. The van der Waals surface area contributed by atoms with E-state index in [0.717, 1.165) is 6.54 Å². The van der Waals surface area contributed by atoms with Crippen molar-refractivity contribution in [2.45, 2.75) is 39.8 Å². The number of likely N-dealkylation sites (N-methyl/N-ethyl adjacent to an activating group) is 1. The van der Waals surface area contributed by atoms with E-state index in [-0.39, 0.29) is 6.10 Å². The minimum atomic E-state index is -0.781. The zero-order chi connectivity index (χ0) is 11.1. The van der Waals surface area contributed by atoms with E-state index >= 15 is 0 Å². The number of hydrogen-bond donors (Lipinski definition) is 1. The van der Waals surface area contributed by atoms with Crippen molar-refractivity contribution in [1.29, 1.82) is 0 Å². The second-order valence-electron chi connectivity index (χ2n) is 3.56. The molecule has 0 aromatic carbocycles. The highest BCUT2D eigenvalue weighted by atomic mass is 16.5. The Morgan fingerprint density at radius 2 is 2.00 bits per heavy atom. The number of aliphatic carboxylic acids is 1. The molecule has 0 aliphatic heterocycles. The molecular weight excluding hydrogens is 182 g/mol. The zero-order valence-electron chi connectivity index (χ0n) is 9.49. The summed E-state index contributed by atoms with van der Waals surface area (Å²) in [6.45, 7) is 9.57. The predicted molar refractivity (Wildman–Crippen MR) is 55.4 cm³/mol. The first-order valence-electron chi connectivity index (χ1n) is 5.07. The van der Waals surface area contributed by atoms with Crippen molar-refractivity contribution in [3.8, 4) is 0 Å². The van der Waals surface area contributed by atoms with E-state index in [4.69, 9.17) is 9.84 Å². The summed E-state index contributed by atoms with van der Waals surface area (Å²) in [4.78, 5) is 12.6. The minimum absolute atomic E-state index is 0.203. The van der Waals surface area contributed by atoms with Crippen molar-refractivity contribution in [2.24, 2.45) is 0 Å². The Kier molecular flexibility index (Phi) is 6.49. The molecule has 0 amide bonds. The summed E-state index contributed by atoms with van der Waals surface area (Å²) in [6, 6.07) is -0.434. The van der Waals surface area contributed by atoms with Gasteiger partial charge < -0.3 is 9.84 Å². The van der Waals surface area contributed by atoms with Crippen molar-refractivity contribution in [2.75, 3.05) is 19.7 Å². The summed E-state index contributed by atoms with van der Waals surface area (Å²) < 4.78 is 5.37. The van der Waals surface area contributed by atoms with Gasteiger partial charge in [-0.2, -0.15) is 0 Å². The quantitative estimate of drug-likeness (QED) is 0.675. The average Bonchev–Trinajstić information content (AvgIpc) is 2.10. The molecule has 0 saturated carbocycles. The molecule has 84 valence electrons. The fraction of sp³-hybridized carbons (Fsp3) is 0.900. The Hall–Kier alpha value is -0.610. The fourth-order valence-electron chi connectivity index (χ4n) is 1.19. The van der Waals surface area contributed by atoms with Crippen LogP contribution >= 0.6 is 0 Å². The molecule has 0 spiro atoms. The van der Waals surface area contributed by atoms with Gasteiger partial charge in [0.25, 0.3) is 0 Å². The Morgan fingerprint density at radius 1 is 1.43 bits per heavy atom. The topological polar surface area (TPSA) is 49.8 Å². The van der Waals surface area contributed by atoms with E-state index in [0.29, 0.717) is 13.2 Å². The monoisotopic (exact) mass is 203 g/mol. The summed E-state index contributed by atoms with van der Waals surface area (Å²) in [5, 5.41) is 8.81. The molecule has 1 N–H and O–H groups in total. The number of carboxylic acids is 1. The Bertz CT molecular complexity index is 171. The largest absolute Gasteiger partial charge is 0.480 e. The van der Waals surface area contributed by atoms with Crippen molar-refractivity contribution < 1.29 is 14.6 Å². The summed E-state index contributed by atoms with van der Waals surface area (Å²) in [6.07, 6.45) is 0.203. The second kappa shape index (κ2) is 6.79. The summed E-state index contributed by atoms with van der Waals surface area (Å²) in [5.41, 5.74) is 0. The van der Waals surface area contributed by atoms with Gasteiger partial charge in [0.1, 0.15) is 6.04 Å². The van der Waals surface area contributed by atoms with Crippen LogP contribution < -0.4 is 0 Å². The molecule has 0 aliphatic rings. The van der Waals surface area contributed by atoms with Crippen LogP contribution in [-0.2, 0) is 9.53 Å². The SMILES string of the molecule is CCN(CCOC(C)C)C(C)C(=O)O. The molecule has 0 fully saturated rings. The van der Waals surface area contributed by atoms with Crippen LogP contribution in [0, 0.1) is 0 Å². The highest BCUT2D eigenvalue weighted by molar-refractivity contribution is 5.72. The summed E-state index contributed by atoms with van der Waals surface area (Å²) >= 11 is 0. The molecule has 0 aromatic rings. The van der Waals surface area contributed by atoms with Gasteiger partial charge in [-0.3, -0.25) is 9.69 Å². The van der Waals surface area contributed by atoms with Crippen molar-refractivity contribution in [1.82, 2.24) is 4.90 Å². The molecular formula is C10H21NO3. The van der Waals surface area contributed by atoms with E-state index < -0.39 is 12.0 Å². The number of hydrogen-bond acceptors (Lipinski definition) is 3. The molecule has 0 aliphatic carbocycles. The molecule has 0 radical (unpaired) electrons. The molecule has 0 bridgehead atoms. The second-order valence-corrected chi connectivity index (χ2v) is 3.56. The first-order valence-corrected chi connectivity index (χ1v) is 5.07. The Balaban J connectivity index is 3.84. The normalized spacial score (nSPS) is 13.6. The van der Waals surface area contributed by atoms with Gasteiger partial charge in [-0.15, -0.1) is 0 Å². The van der Waals surface area contributed by atoms with Crippen LogP contribution in [0.1, 0.15) is 27.7 Å². The summed E-state index contributed by atoms with van der Waals surface area (Å²) in [7, 11) is 0. The Morgan fingerprint density at radius 3 is 2.36 bits per heavy atom. The smallest absolute Gasteiger partial charge is 0.320 e. The number of nitrogens with zero attached hydrogens (tertiary/aromatic N) is 1. The molecule has 0 saturated heterocycles. The van der Waals surface area contributed by atoms with E-state index in [9.17, 15) is 4.79 Å². The van der Waals surface area contributed by atoms with Crippen LogP contribution in [0.4, 0.5) is 0 Å². The molecule has 0 heterocycles. The first kappa shape index (κ1) is 13.4. The number of ether oxygens (including phenoxy) is 1. The van der Waals surface area contributed by atoms with Crippen molar-refractivity contribution in [3.05, 3.63) is 0 Å². The van der Waals surface area contributed by atoms with Gasteiger partial charge in [-0.1, -0.05) is 6.92 Å². The lowest BCUT2D eigenvalue weighted by molar-refractivity contribution is -0.142. The summed E-state index contributed by atoms with van der Waals surface area (Å²) in [5.74, 6) is -0.781. The van der Waals surface area contributed by atoms with Crippen LogP contribution in [0.2, 0.25) is 0 Å². The maximum atomic E-state index is 10.7. The lowest BCUT2D eigenvalue weighted by Crippen LogP contribution is -2.40. The third kappa shape index (κ3) is 5.19.